The summed E-state index contributed by atoms with van der Waals surface area (Å²) < 4.78 is 44.7. The Morgan fingerprint density at radius 3 is 2.87 bits per heavy atom. The average Bonchev–Trinajstić information content (AvgIpc) is 3.05. The van der Waals surface area contributed by atoms with E-state index in [0.717, 1.165) is 0 Å². The monoisotopic (exact) mass is 343 g/mol. The van der Waals surface area contributed by atoms with E-state index < -0.39 is 27.7 Å². The molecule has 8 heteroatoms. The Morgan fingerprint density at radius 1 is 1.39 bits per heavy atom. The van der Waals surface area contributed by atoms with Gasteiger partial charge in [0.2, 0.25) is 10.0 Å². The van der Waals surface area contributed by atoms with E-state index in [9.17, 15) is 17.6 Å². The summed E-state index contributed by atoms with van der Waals surface area (Å²) in [6.07, 6.45) is -0.130. The molecule has 0 aromatic heterocycles. The molecule has 0 spiro atoms. The number of carbonyl (C=O) groups is 1. The molecule has 2 aliphatic rings. The number of carboxylic acid groups (broad SMARTS) is 1. The fourth-order valence-electron chi connectivity index (χ4n) is 3.23. The van der Waals surface area contributed by atoms with Crippen LogP contribution in [0.15, 0.2) is 24.3 Å². The Labute approximate surface area is 133 Å². The third-order valence-electron chi connectivity index (χ3n) is 4.53. The van der Waals surface area contributed by atoms with Crippen LogP contribution in [-0.2, 0) is 26.0 Å². The van der Waals surface area contributed by atoms with Gasteiger partial charge >= 0.3 is 5.97 Å². The lowest BCUT2D eigenvalue weighted by molar-refractivity contribution is -0.142. The van der Waals surface area contributed by atoms with Crippen LogP contribution in [0.25, 0.3) is 0 Å². The minimum absolute atomic E-state index is 0.131. The van der Waals surface area contributed by atoms with Crippen molar-refractivity contribution < 1.29 is 27.4 Å². The predicted octanol–water partition coefficient (Wildman–Crippen LogP) is 0.729. The lowest BCUT2D eigenvalue weighted by Gasteiger charge is -2.18. The molecule has 1 aromatic carbocycles. The molecule has 2 saturated heterocycles. The minimum atomic E-state index is -3.52. The first kappa shape index (κ1) is 16.4. The molecule has 2 aliphatic heterocycles. The SMILES string of the molecule is O=C(O)[C@@H]1CO[C@@H]2CN(S(=O)(=O)CCc3cccc(F)c3)C[C@@H]21. The second kappa shape index (κ2) is 6.18. The second-order valence-corrected chi connectivity index (χ2v) is 8.08. The minimum Gasteiger partial charge on any atom is -0.481 e. The summed E-state index contributed by atoms with van der Waals surface area (Å²) in [6.45, 7) is 0.509. The normalized spacial score (nSPS) is 28.0. The van der Waals surface area contributed by atoms with Gasteiger partial charge in [0.15, 0.2) is 0 Å². The molecule has 1 aromatic rings. The van der Waals surface area contributed by atoms with Crippen LogP contribution in [0.3, 0.4) is 0 Å². The fourth-order valence-corrected chi connectivity index (χ4v) is 4.75. The van der Waals surface area contributed by atoms with Gasteiger partial charge in [0.25, 0.3) is 0 Å². The highest BCUT2D eigenvalue weighted by Gasteiger charge is 2.49. The van der Waals surface area contributed by atoms with Gasteiger partial charge in [0.1, 0.15) is 5.82 Å². The molecule has 23 heavy (non-hydrogen) atoms. The summed E-state index contributed by atoms with van der Waals surface area (Å²) in [4.78, 5) is 11.2. The van der Waals surface area contributed by atoms with Crippen LogP contribution < -0.4 is 0 Å². The van der Waals surface area contributed by atoms with E-state index in [2.05, 4.69) is 0 Å². The van der Waals surface area contributed by atoms with Gasteiger partial charge < -0.3 is 9.84 Å². The van der Waals surface area contributed by atoms with E-state index in [1.807, 2.05) is 0 Å². The standard InChI is InChI=1S/C15H18FNO5S/c16-11-3-1-2-10(6-11)4-5-23(20,21)17-7-12-13(15(18)19)9-22-14(12)8-17/h1-3,6,12-14H,4-5,7-9H2,(H,18,19)/t12-,13-,14-/m1/s1. The quantitative estimate of drug-likeness (QED) is 0.852. The molecule has 2 fully saturated rings. The van der Waals surface area contributed by atoms with E-state index >= 15 is 0 Å². The van der Waals surface area contributed by atoms with Gasteiger partial charge in [-0.25, -0.2) is 12.8 Å². The molecule has 2 heterocycles. The molecule has 1 N–H and O–H groups in total. The Bertz CT molecular complexity index is 708. The van der Waals surface area contributed by atoms with Gasteiger partial charge in [-0.1, -0.05) is 12.1 Å². The molecule has 0 unspecified atom stereocenters. The number of hydrogen-bond donors (Lipinski definition) is 1. The number of ether oxygens (including phenoxy) is 1. The Morgan fingerprint density at radius 2 is 2.17 bits per heavy atom. The average molecular weight is 343 g/mol. The maximum absolute atomic E-state index is 13.1. The van der Waals surface area contributed by atoms with E-state index in [1.165, 1.54) is 16.4 Å². The number of carboxylic acids is 1. The van der Waals surface area contributed by atoms with Crippen LogP contribution >= 0.6 is 0 Å². The summed E-state index contributed by atoms with van der Waals surface area (Å²) in [5.41, 5.74) is 0.618. The van der Waals surface area contributed by atoms with Crippen LogP contribution in [0.1, 0.15) is 5.56 Å². The van der Waals surface area contributed by atoms with Gasteiger partial charge in [-0.2, -0.15) is 4.31 Å². The van der Waals surface area contributed by atoms with Crippen molar-refractivity contribution in [2.75, 3.05) is 25.4 Å². The fraction of sp³-hybridized carbons (Fsp3) is 0.533. The first-order chi connectivity index (χ1) is 10.9. The number of halogens is 1. The van der Waals surface area contributed by atoms with Crippen molar-refractivity contribution in [2.45, 2.75) is 12.5 Å². The summed E-state index contributed by atoms with van der Waals surface area (Å²) in [7, 11) is -3.52. The predicted molar refractivity (Wildman–Crippen MR) is 79.8 cm³/mol. The van der Waals surface area contributed by atoms with Crippen LogP contribution in [0, 0.1) is 17.7 Å². The largest absolute Gasteiger partial charge is 0.481 e. The third-order valence-corrected chi connectivity index (χ3v) is 6.34. The van der Waals surface area contributed by atoms with Crippen molar-refractivity contribution in [1.29, 1.82) is 0 Å². The molecule has 3 atom stereocenters. The van der Waals surface area contributed by atoms with Crippen molar-refractivity contribution >= 4 is 16.0 Å². The molecule has 0 saturated carbocycles. The van der Waals surface area contributed by atoms with Gasteiger partial charge in [-0.15, -0.1) is 0 Å². The van der Waals surface area contributed by atoms with Crippen LogP contribution in [-0.4, -0.2) is 55.4 Å². The zero-order chi connectivity index (χ0) is 16.6. The van der Waals surface area contributed by atoms with E-state index in [-0.39, 0.29) is 43.9 Å². The van der Waals surface area contributed by atoms with E-state index in [0.29, 0.717) is 5.56 Å². The van der Waals surface area contributed by atoms with Crippen LogP contribution in [0.4, 0.5) is 4.39 Å². The van der Waals surface area contributed by atoms with E-state index in [1.54, 1.807) is 12.1 Å². The molecule has 0 bridgehead atoms. The lowest BCUT2D eigenvalue weighted by atomic mass is 9.94. The highest BCUT2D eigenvalue weighted by atomic mass is 32.2. The number of nitrogens with zero attached hydrogens (tertiary/aromatic N) is 1. The Hall–Kier alpha value is -1.51. The van der Waals surface area contributed by atoms with Crippen molar-refractivity contribution in [1.82, 2.24) is 4.31 Å². The number of benzene rings is 1. The first-order valence-electron chi connectivity index (χ1n) is 7.43. The van der Waals surface area contributed by atoms with Crippen molar-refractivity contribution in [3.63, 3.8) is 0 Å². The zero-order valence-corrected chi connectivity index (χ0v) is 13.2. The van der Waals surface area contributed by atoms with Gasteiger partial charge in [0, 0.05) is 19.0 Å². The first-order valence-corrected chi connectivity index (χ1v) is 9.04. The van der Waals surface area contributed by atoms with E-state index in [4.69, 9.17) is 9.84 Å². The van der Waals surface area contributed by atoms with Crippen molar-refractivity contribution in [3.05, 3.63) is 35.6 Å². The Balaban J connectivity index is 1.64. The summed E-state index contributed by atoms with van der Waals surface area (Å²) in [6, 6.07) is 5.85. The number of sulfonamides is 1. The van der Waals surface area contributed by atoms with Crippen molar-refractivity contribution in [2.24, 2.45) is 11.8 Å². The number of aryl methyl sites for hydroxylation is 1. The summed E-state index contributed by atoms with van der Waals surface area (Å²) >= 11 is 0. The van der Waals surface area contributed by atoms with Gasteiger partial charge in [-0.05, 0) is 24.1 Å². The molecule has 0 radical (unpaired) electrons. The molecular weight excluding hydrogens is 325 g/mol. The van der Waals surface area contributed by atoms with Crippen LogP contribution in [0.5, 0.6) is 0 Å². The Kier molecular flexibility index (Phi) is 4.39. The summed E-state index contributed by atoms with van der Waals surface area (Å²) in [5.74, 6) is -2.42. The molecule has 6 nitrogen and oxygen atoms in total. The number of rotatable bonds is 5. The highest BCUT2D eigenvalue weighted by molar-refractivity contribution is 7.89. The van der Waals surface area contributed by atoms with Gasteiger partial charge in [0.05, 0.1) is 24.4 Å². The topological polar surface area (TPSA) is 83.9 Å². The molecule has 0 aliphatic carbocycles. The molecule has 3 rings (SSSR count). The second-order valence-electron chi connectivity index (χ2n) is 5.99. The molecule has 126 valence electrons. The van der Waals surface area contributed by atoms with Gasteiger partial charge in [-0.3, -0.25) is 4.79 Å². The number of hydrogen-bond acceptors (Lipinski definition) is 4. The van der Waals surface area contributed by atoms with Crippen molar-refractivity contribution in [3.8, 4) is 0 Å². The molecule has 0 amide bonds. The lowest BCUT2D eigenvalue weighted by Crippen LogP contribution is -2.34. The maximum atomic E-state index is 13.1. The smallest absolute Gasteiger partial charge is 0.309 e. The molecular formula is C15H18FNO5S. The summed E-state index contributed by atoms with van der Waals surface area (Å²) in [5, 5.41) is 9.14. The number of fused-ring (bicyclic) bond motifs is 1. The highest BCUT2D eigenvalue weighted by Crippen LogP contribution is 2.35. The zero-order valence-electron chi connectivity index (χ0n) is 12.4. The number of aliphatic carboxylic acids is 1. The maximum Gasteiger partial charge on any atom is 0.309 e. The third kappa shape index (κ3) is 3.39. The van der Waals surface area contributed by atoms with Crippen LogP contribution in [0.2, 0.25) is 0 Å².